The Labute approximate surface area is 328 Å². The first-order valence-corrected chi connectivity index (χ1v) is 19.6. The summed E-state index contributed by atoms with van der Waals surface area (Å²) in [5, 5.41) is 9.39. The molecule has 1 aliphatic heterocycles. The maximum atomic E-state index is 12.7. The minimum atomic E-state index is -1.74. The van der Waals surface area contributed by atoms with Gasteiger partial charge < -0.3 is 37.7 Å². The van der Waals surface area contributed by atoms with Crippen LogP contribution in [0.25, 0.3) is 11.2 Å². The fourth-order valence-electron chi connectivity index (χ4n) is 7.17. The number of benzene rings is 3. The molecule has 6 rings (SSSR count). The van der Waals surface area contributed by atoms with Gasteiger partial charge in [0.2, 0.25) is 0 Å². The van der Waals surface area contributed by atoms with Crippen molar-refractivity contribution in [1.82, 2.24) is 24.2 Å². The number of hydrogen-bond donors (Lipinski definition) is 1. The molecule has 56 heavy (non-hydrogen) atoms. The first-order chi connectivity index (χ1) is 27.2. The van der Waals surface area contributed by atoms with Crippen LogP contribution in [0.5, 0.6) is 11.5 Å². The number of ether oxygens (including phenoxy) is 5. The standard InChI is InChI=1S/C41H49N6O8P/c1-27(2)47(28(3)4)56(53-23-11-22-42)55-36-34(54-40(37(36)51-7)46-26-45-35-38(46)43-25-44-39(35)48)24-52-41(29-12-9-8-10-13-29,30-14-18-32(49-5)19-15-30)31-16-20-33(50-6)21-17-31/h8-10,12-21,25-28,34,36-37,40H,11,23-24H2,1-7H3,(H,43,44,48). The molecular weight excluding hydrogens is 735 g/mol. The molecule has 0 bridgehead atoms. The van der Waals surface area contributed by atoms with Crippen LogP contribution in [-0.4, -0.2) is 89.1 Å². The SMILES string of the molecule is COc1ccc(C(OCC2OC(n3cnc4c(=O)[nH]cnc43)C(OC)C2OP(OCCC#N)N(C(C)C)C(C)C)(c2ccccc2)c2ccc(OC)cc2)cc1. The predicted molar refractivity (Wildman–Crippen MR) is 211 cm³/mol. The van der Waals surface area contributed by atoms with Crippen molar-refractivity contribution in [2.75, 3.05) is 34.5 Å². The Kier molecular flexibility index (Phi) is 13.5. The number of H-pyrrole nitrogens is 1. The smallest absolute Gasteiger partial charge is 0.278 e. The molecule has 15 heteroatoms. The summed E-state index contributed by atoms with van der Waals surface area (Å²) < 4.78 is 48.8. The van der Waals surface area contributed by atoms with Crippen molar-refractivity contribution in [3.63, 3.8) is 0 Å². The minimum Gasteiger partial charge on any atom is -0.497 e. The van der Waals surface area contributed by atoms with Crippen molar-refractivity contribution < 1.29 is 32.7 Å². The average Bonchev–Trinajstić information content (AvgIpc) is 3.80. The lowest BCUT2D eigenvalue weighted by molar-refractivity contribution is -0.0938. The Morgan fingerprint density at radius 3 is 2.05 bits per heavy atom. The maximum absolute atomic E-state index is 12.7. The summed E-state index contributed by atoms with van der Waals surface area (Å²) >= 11 is 0. The first-order valence-electron chi connectivity index (χ1n) is 18.5. The van der Waals surface area contributed by atoms with Crippen LogP contribution in [0.3, 0.4) is 0 Å². The summed E-state index contributed by atoms with van der Waals surface area (Å²) in [4.78, 5) is 24.1. The van der Waals surface area contributed by atoms with Crippen molar-refractivity contribution in [2.45, 2.75) is 76.3 Å². The fraction of sp³-hybridized carbons (Fsp3) is 0.415. The van der Waals surface area contributed by atoms with E-state index in [1.54, 1.807) is 25.9 Å². The number of imidazole rings is 1. The molecule has 296 valence electrons. The van der Waals surface area contributed by atoms with Crippen LogP contribution < -0.4 is 15.0 Å². The maximum Gasteiger partial charge on any atom is 0.278 e. The van der Waals surface area contributed by atoms with Gasteiger partial charge in [0.05, 0.1) is 52.6 Å². The summed E-state index contributed by atoms with van der Waals surface area (Å²) in [6, 6.07) is 27.8. The highest BCUT2D eigenvalue weighted by molar-refractivity contribution is 7.44. The van der Waals surface area contributed by atoms with E-state index >= 15 is 0 Å². The molecule has 0 aliphatic carbocycles. The number of rotatable bonds is 18. The summed E-state index contributed by atoms with van der Waals surface area (Å²) in [5.41, 5.74) is 1.54. The highest BCUT2D eigenvalue weighted by atomic mass is 31.2. The molecule has 0 saturated carbocycles. The van der Waals surface area contributed by atoms with E-state index in [1.807, 2.05) is 78.9 Å². The second kappa shape index (κ2) is 18.5. The first kappa shape index (κ1) is 40.9. The number of nitrogens with one attached hydrogen (secondary N) is 1. The normalized spacial score (nSPS) is 19.2. The van der Waals surface area contributed by atoms with Gasteiger partial charge in [-0.1, -0.05) is 54.6 Å². The largest absolute Gasteiger partial charge is 0.497 e. The zero-order valence-corrected chi connectivity index (χ0v) is 33.6. The highest BCUT2D eigenvalue weighted by Crippen LogP contribution is 2.51. The van der Waals surface area contributed by atoms with Crippen molar-refractivity contribution in [2.24, 2.45) is 0 Å². The lowest BCUT2D eigenvalue weighted by Gasteiger charge is -2.39. The van der Waals surface area contributed by atoms with Crippen LogP contribution >= 0.6 is 8.53 Å². The monoisotopic (exact) mass is 784 g/mol. The van der Waals surface area contributed by atoms with E-state index in [9.17, 15) is 10.1 Å². The molecule has 1 saturated heterocycles. The molecule has 14 nitrogen and oxygen atoms in total. The topological polar surface area (TPSA) is 155 Å². The van der Waals surface area contributed by atoms with Crippen molar-refractivity contribution >= 4 is 19.7 Å². The number of aromatic amines is 1. The Morgan fingerprint density at radius 1 is 0.893 bits per heavy atom. The lowest BCUT2D eigenvalue weighted by atomic mass is 9.80. The second-order valence-electron chi connectivity index (χ2n) is 13.8. The number of nitriles is 1. The van der Waals surface area contributed by atoms with E-state index in [1.165, 1.54) is 12.7 Å². The lowest BCUT2D eigenvalue weighted by Crippen LogP contribution is -2.42. The van der Waals surface area contributed by atoms with E-state index in [4.69, 9.17) is 32.7 Å². The van der Waals surface area contributed by atoms with Gasteiger partial charge in [0.15, 0.2) is 17.4 Å². The van der Waals surface area contributed by atoms with Crippen LogP contribution in [0.15, 0.2) is 96.3 Å². The third-order valence-corrected chi connectivity index (χ3v) is 11.8. The molecule has 0 spiro atoms. The molecule has 1 N–H and O–H groups in total. The number of fused-ring (bicyclic) bond motifs is 1. The fourth-order valence-corrected chi connectivity index (χ4v) is 8.94. The van der Waals surface area contributed by atoms with Gasteiger partial charge in [0.25, 0.3) is 14.1 Å². The van der Waals surface area contributed by atoms with Crippen LogP contribution in [0.2, 0.25) is 0 Å². The van der Waals surface area contributed by atoms with E-state index < -0.39 is 38.7 Å². The molecule has 0 radical (unpaired) electrons. The van der Waals surface area contributed by atoms with Crippen molar-refractivity contribution in [3.05, 3.63) is 119 Å². The van der Waals surface area contributed by atoms with Crippen LogP contribution in [0.4, 0.5) is 0 Å². The zero-order chi connectivity index (χ0) is 39.8. The summed E-state index contributed by atoms with van der Waals surface area (Å²) in [7, 11) is 3.11. The molecule has 5 aromatic rings. The van der Waals surface area contributed by atoms with Crippen molar-refractivity contribution in [1.29, 1.82) is 5.26 Å². The van der Waals surface area contributed by atoms with Crippen LogP contribution in [0.1, 0.15) is 57.0 Å². The van der Waals surface area contributed by atoms with Crippen LogP contribution in [-0.2, 0) is 28.9 Å². The average molecular weight is 785 g/mol. The van der Waals surface area contributed by atoms with Gasteiger partial charge in [-0.25, -0.2) is 14.6 Å². The molecule has 3 heterocycles. The molecule has 3 aromatic carbocycles. The quantitative estimate of drug-likeness (QED) is 0.0570. The van der Waals surface area contributed by atoms with E-state index in [2.05, 4.69) is 53.4 Å². The summed E-state index contributed by atoms with van der Waals surface area (Å²) in [6.45, 7) is 8.50. The molecule has 0 amide bonds. The minimum absolute atomic E-state index is 0.0132. The molecular formula is C41H49N6O8P. The van der Waals surface area contributed by atoms with Gasteiger partial charge in [-0.05, 0) is 68.7 Å². The molecule has 2 aromatic heterocycles. The van der Waals surface area contributed by atoms with Gasteiger partial charge in [-0.2, -0.15) is 5.26 Å². The number of methoxy groups -OCH3 is 3. The van der Waals surface area contributed by atoms with Gasteiger partial charge >= 0.3 is 0 Å². The van der Waals surface area contributed by atoms with Crippen LogP contribution in [0, 0.1) is 11.3 Å². The summed E-state index contributed by atoms with van der Waals surface area (Å²) in [6.07, 6.45) is -0.0338. The Balaban J connectivity index is 1.48. The van der Waals surface area contributed by atoms with Crippen molar-refractivity contribution in [3.8, 4) is 17.6 Å². The van der Waals surface area contributed by atoms with Gasteiger partial charge in [-0.15, -0.1) is 0 Å². The van der Waals surface area contributed by atoms with Gasteiger partial charge in [-0.3, -0.25) is 9.36 Å². The van der Waals surface area contributed by atoms with E-state index in [0.29, 0.717) is 17.1 Å². The third kappa shape index (κ3) is 8.36. The second-order valence-corrected chi connectivity index (χ2v) is 15.2. The zero-order valence-electron chi connectivity index (χ0n) is 32.7. The van der Waals surface area contributed by atoms with Gasteiger partial charge in [0.1, 0.15) is 35.4 Å². The van der Waals surface area contributed by atoms with Gasteiger partial charge in [0, 0.05) is 19.2 Å². The van der Waals surface area contributed by atoms with E-state index in [-0.39, 0.29) is 42.8 Å². The third-order valence-electron chi connectivity index (χ3n) is 9.71. The molecule has 5 atom stereocenters. The Hall–Kier alpha value is -4.71. The number of hydrogen-bond acceptors (Lipinski definition) is 12. The Morgan fingerprint density at radius 2 is 1.50 bits per heavy atom. The predicted octanol–water partition coefficient (Wildman–Crippen LogP) is 6.72. The molecule has 5 unspecified atom stereocenters. The number of nitrogens with zero attached hydrogens (tertiary/aromatic N) is 5. The number of aromatic nitrogens is 4. The molecule has 1 aliphatic rings. The highest BCUT2D eigenvalue weighted by Gasteiger charge is 2.51. The van der Waals surface area contributed by atoms with E-state index in [0.717, 1.165) is 16.7 Å². The Bertz CT molecular complexity index is 2050. The molecule has 1 fully saturated rings. The summed E-state index contributed by atoms with van der Waals surface area (Å²) in [5.74, 6) is 1.40.